The second-order valence-electron chi connectivity index (χ2n) is 6.78. The minimum absolute atomic E-state index is 0.00514. The van der Waals surface area contributed by atoms with E-state index in [1.165, 1.54) is 0 Å². The van der Waals surface area contributed by atoms with E-state index in [9.17, 15) is 9.59 Å². The summed E-state index contributed by atoms with van der Waals surface area (Å²) in [5, 5.41) is 14.5. The largest absolute Gasteiger partial charge is 0.326 e. The lowest BCUT2D eigenvalue weighted by molar-refractivity contribution is -0.116. The summed E-state index contributed by atoms with van der Waals surface area (Å²) in [6.45, 7) is 1.95. The first kappa shape index (κ1) is 21.1. The van der Waals surface area contributed by atoms with Crippen molar-refractivity contribution in [1.29, 1.82) is 0 Å². The Labute approximate surface area is 174 Å². The molecule has 0 radical (unpaired) electrons. The zero-order valence-electron chi connectivity index (χ0n) is 16.5. The van der Waals surface area contributed by atoms with Gasteiger partial charge in [-0.3, -0.25) is 9.59 Å². The lowest BCUT2D eigenvalue weighted by Gasteiger charge is -2.09. The van der Waals surface area contributed by atoms with E-state index in [0.717, 1.165) is 48.3 Å². The standard InChI is InChI=1S/C22H26N4O2S/c1-29-14-13-23-12-5-4-11-20(27)24-17-8-6-7-16(15-17)21-18-9-2-3-10-19(18)22(28)26-25-21/h2-3,6-10,15,23H,4-5,11-14H2,1H3,(H,24,27)(H,26,28). The number of amides is 1. The van der Waals surface area contributed by atoms with Crippen LogP contribution in [0.4, 0.5) is 5.69 Å². The molecule has 0 saturated heterocycles. The molecule has 7 heteroatoms. The maximum atomic E-state index is 12.3. The van der Waals surface area contributed by atoms with Crippen LogP contribution in [0.5, 0.6) is 0 Å². The molecule has 29 heavy (non-hydrogen) atoms. The molecule has 0 bridgehead atoms. The Kier molecular flexibility index (Phi) is 7.84. The van der Waals surface area contributed by atoms with Crippen LogP contribution in [-0.2, 0) is 4.79 Å². The van der Waals surface area contributed by atoms with Crippen molar-refractivity contribution in [1.82, 2.24) is 15.5 Å². The van der Waals surface area contributed by atoms with Gasteiger partial charge in [-0.25, -0.2) is 5.10 Å². The summed E-state index contributed by atoms with van der Waals surface area (Å²) >= 11 is 1.82. The quantitative estimate of drug-likeness (QED) is 0.444. The molecular weight excluding hydrogens is 384 g/mol. The lowest BCUT2D eigenvalue weighted by Crippen LogP contribution is -2.19. The van der Waals surface area contributed by atoms with Crippen molar-refractivity contribution in [2.75, 3.05) is 30.4 Å². The molecule has 152 valence electrons. The minimum atomic E-state index is -0.211. The lowest BCUT2D eigenvalue weighted by atomic mass is 10.0. The van der Waals surface area contributed by atoms with Crippen LogP contribution >= 0.6 is 11.8 Å². The van der Waals surface area contributed by atoms with Gasteiger partial charge in [0.25, 0.3) is 5.56 Å². The van der Waals surface area contributed by atoms with Crippen molar-refractivity contribution in [2.45, 2.75) is 19.3 Å². The zero-order chi connectivity index (χ0) is 20.5. The SMILES string of the molecule is CSCCNCCCCC(=O)Nc1cccc(-c2n[nH]c(=O)c3ccccc23)c1. The number of rotatable bonds is 10. The monoisotopic (exact) mass is 410 g/mol. The van der Waals surface area contributed by atoms with Crippen LogP contribution in [0.15, 0.2) is 53.3 Å². The predicted octanol–water partition coefficient (Wildman–Crippen LogP) is 3.65. The summed E-state index contributed by atoms with van der Waals surface area (Å²) in [4.78, 5) is 24.2. The van der Waals surface area contributed by atoms with Crippen LogP contribution < -0.4 is 16.2 Å². The van der Waals surface area contributed by atoms with E-state index < -0.39 is 0 Å². The van der Waals surface area contributed by atoms with E-state index >= 15 is 0 Å². The first-order chi connectivity index (χ1) is 14.2. The Morgan fingerprint density at radius 1 is 1.07 bits per heavy atom. The van der Waals surface area contributed by atoms with E-state index in [0.29, 0.717) is 17.5 Å². The van der Waals surface area contributed by atoms with Crippen molar-refractivity contribution in [3.8, 4) is 11.3 Å². The number of anilines is 1. The van der Waals surface area contributed by atoms with Gasteiger partial charge in [-0.1, -0.05) is 30.3 Å². The highest BCUT2D eigenvalue weighted by Gasteiger charge is 2.10. The van der Waals surface area contributed by atoms with Gasteiger partial charge >= 0.3 is 0 Å². The number of benzene rings is 2. The maximum Gasteiger partial charge on any atom is 0.272 e. The van der Waals surface area contributed by atoms with Crippen LogP contribution in [-0.4, -0.2) is 41.2 Å². The van der Waals surface area contributed by atoms with E-state index in [2.05, 4.69) is 27.1 Å². The molecule has 2 aromatic carbocycles. The van der Waals surface area contributed by atoms with Crippen LogP contribution in [0.2, 0.25) is 0 Å². The molecule has 3 aromatic rings. The molecule has 3 rings (SSSR count). The highest BCUT2D eigenvalue weighted by Crippen LogP contribution is 2.26. The summed E-state index contributed by atoms with van der Waals surface area (Å²) in [5.74, 6) is 1.11. The summed E-state index contributed by atoms with van der Waals surface area (Å²) in [6.07, 6.45) is 4.42. The van der Waals surface area contributed by atoms with Gasteiger partial charge in [-0.2, -0.15) is 16.9 Å². The number of H-pyrrole nitrogens is 1. The molecule has 0 aliphatic heterocycles. The number of nitrogens with one attached hydrogen (secondary N) is 3. The Bertz CT molecular complexity index is 1020. The molecule has 0 spiro atoms. The van der Waals surface area contributed by atoms with Crippen LogP contribution in [0.25, 0.3) is 22.0 Å². The number of thioether (sulfide) groups is 1. The van der Waals surface area contributed by atoms with Crippen molar-refractivity contribution in [2.24, 2.45) is 0 Å². The Balaban J connectivity index is 1.61. The molecule has 0 fully saturated rings. The van der Waals surface area contributed by atoms with Crippen LogP contribution in [0.3, 0.4) is 0 Å². The Morgan fingerprint density at radius 2 is 1.90 bits per heavy atom. The van der Waals surface area contributed by atoms with Crippen molar-refractivity contribution < 1.29 is 4.79 Å². The maximum absolute atomic E-state index is 12.3. The van der Waals surface area contributed by atoms with Crippen LogP contribution in [0.1, 0.15) is 19.3 Å². The highest BCUT2D eigenvalue weighted by molar-refractivity contribution is 7.98. The van der Waals surface area contributed by atoms with Gasteiger partial charge in [0.1, 0.15) is 0 Å². The van der Waals surface area contributed by atoms with Crippen LogP contribution in [0, 0.1) is 0 Å². The van der Waals surface area contributed by atoms with Crippen molar-refractivity contribution in [3.05, 3.63) is 58.9 Å². The van der Waals surface area contributed by atoms with Gasteiger partial charge < -0.3 is 10.6 Å². The van der Waals surface area contributed by atoms with Gasteiger partial charge in [0, 0.05) is 35.4 Å². The fraction of sp³-hybridized carbons (Fsp3) is 0.318. The fourth-order valence-corrected chi connectivity index (χ4v) is 3.49. The number of aromatic nitrogens is 2. The smallest absolute Gasteiger partial charge is 0.272 e. The van der Waals surface area contributed by atoms with Crippen molar-refractivity contribution >= 4 is 34.1 Å². The number of unbranched alkanes of at least 4 members (excludes halogenated alkanes) is 1. The molecule has 0 unspecified atom stereocenters. The fourth-order valence-electron chi connectivity index (χ4n) is 3.14. The zero-order valence-corrected chi connectivity index (χ0v) is 17.3. The second-order valence-corrected chi connectivity index (χ2v) is 7.76. The molecule has 6 nitrogen and oxygen atoms in total. The number of hydrogen-bond donors (Lipinski definition) is 3. The number of fused-ring (bicyclic) bond motifs is 1. The molecule has 1 amide bonds. The Morgan fingerprint density at radius 3 is 2.72 bits per heavy atom. The third-order valence-electron chi connectivity index (χ3n) is 4.61. The average molecular weight is 411 g/mol. The second kappa shape index (κ2) is 10.8. The minimum Gasteiger partial charge on any atom is -0.326 e. The average Bonchev–Trinajstić information content (AvgIpc) is 2.74. The topological polar surface area (TPSA) is 86.9 Å². The predicted molar refractivity (Wildman–Crippen MR) is 122 cm³/mol. The van der Waals surface area contributed by atoms with Gasteiger partial charge in [0.05, 0.1) is 11.1 Å². The molecule has 3 N–H and O–H groups in total. The third-order valence-corrected chi connectivity index (χ3v) is 5.22. The normalized spacial score (nSPS) is 10.9. The number of nitrogens with zero attached hydrogens (tertiary/aromatic N) is 1. The van der Waals surface area contributed by atoms with Gasteiger partial charge in [0.15, 0.2) is 0 Å². The molecule has 0 saturated carbocycles. The first-order valence-electron chi connectivity index (χ1n) is 9.76. The van der Waals surface area contributed by atoms with E-state index in [1.807, 2.05) is 54.2 Å². The van der Waals surface area contributed by atoms with Gasteiger partial charge in [-0.05, 0) is 43.8 Å². The third kappa shape index (κ3) is 5.92. The van der Waals surface area contributed by atoms with E-state index in [4.69, 9.17) is 0 Å². The number of hydrogen-bond acceptors (Lipinski definition) is 5. The molecule has 0 aliphatic rings. The summed E-state index contributed by atoms with van der Waals surface area (Å²) in [6, 6.07) is 14.9. The summed E-state index contributed by atoms with van der Waals surface area (Å²) in [7, 11) is 0. The van der Waals surface area contributed by atoms with E-state index in [-0.39, 0.29) is 11.5 Å². The molecular formula is C22H26N4O2S. The van der Waals surface area contributed by atoms with Crippen molar-refractivity contribution in [3.63, 3.8) is 0 Å². The molecule has 1 heterocycles. The molecule has 0 aliphatic carbocycles. The summed E-state index contributed by atoms with van der Waals surface area (Å²) in [5.41, 5.74) is 2.04. The number of aromatic amines is 1. The summed E-state index contributed by atoms with van der Waals surface area (Å²) < 4.78 is 0. The van der Waals surface area contributed by atoms with Gasteiger partial charge in [-0.15, -0.1) is 0 Å². The highest BCUT2D eigenvalue weighted by atomic mass is 32.2. The Hall–Kier alpha value is -2.64. The number of carbonyl (C=O) groups is 1. The number of carbonyl (C=O) groups excluding carboxylic acids is 1. The molecule has 1 aromatic heterocycles. The first-order valence-corrected chi connectivity index (χ1v) is 11.2. The van der Waals surface area contributed by atoms with E-state index in [1.54, 1.807) is 6.07 Å². The van der Waals surface area contributed by atoms with Gasteiger partial charge in [0.2, 0.25) is 5.91 Å². The molecule has 0 atom stereocenters.